The highest BCUT2D eigenvalue weighted by Crippen LogP contribution is 2.31. The Morgan fingerprint density at radius 2 is 2.11 bits per heavy atom. The first-order valence-corrected chi connectivity index (χ1v) is 6.75. The number of benzene rings is 1. The van der Waals surface area contributed by atoms with Crippen molar-refractivity contribution in [2.24, 2.45) is 0 Å². The van der Waals surface area contributed by atoms with E-state index in [9.17, 15) is 8.78 Å². The van der Waals surface area contributed by atoms with Gasteiger partial charge in [0.05, 0.1) is 18.8 Å². The lowest BCUT2D eigenvalue weighted by Gasteiger charge is -2.13. The summed E-state index contributed by atoms with van der Waals surface area (Å²) in [5.74, 6) is -1.14. The van der Waals surface area contributed by atoms with Crippen molar-refractivity contribution in [3.8, 4) is 16.3 Å². The zero-order valence-corrected chi connectivity index (χ0v) is 10.8. The standard InChI is InChI=1S/C13H11F2NO2S/c14-10-5-9(18-8-1-3-17-7-8)6-11(15)12(10)13-16-2-4-19-13/h2,4-6,8H,1,3,7H2/t8-/m0/s1. The predicted octanol–water partition coefficient (Wildman–Crippen LogP) is 3.26. The second-order valence-electron chi connectivity index (χ2n) is 4.20. The van der Waals surface area contributed by atoms with Crippen LogP contribution in [0.5, 0.6) is 5.75 Å². The Kier molecular flexibility index (Phi) is 3.44. The molecule has 0 saturated carbocycles. The molecule has 6 heteroatoms. The zero-order valence-electron chi connectivity index (χ0n) is 9.94. The molecule has 2 aromatic rings. The van der Waals surface area contributed by atoms with Gasteiger partial charge in [-0.1, -0.05) is 0 Å². The van der Waals surface area contributed by atoms with Gasteiger partial charge in [-0.25, -0.2) is 13.8 Å². The van der Waals surface area contributed by atoms with E-state index in [2.05, 4.69) is 4.98 Å². The largest absolute Gasteiger partial charge is 0.488 e. The first kappa shape index (κ1) is 12.5. The van der Waals surface area contributed by atoms with Crippen LogP contribution in [-0.2, 0) is 4.74 Å². The molecule has 2 heterocycles. The molecule has 1 aliphatic heterocycles. The quantitative estimate of drug-likeness (QED) is 0.866. The van der Waals surface area contributed by atoms with Crippen molar-refractivity contribution in [3.63, 3.8) is 0 Å². The third-order valence-electron chi connectivity index (χ3n) is 2.85. The minimum atomic E-state index is -0.663. The van der Waals surface area contributed by atoms with Gasteiger partial charge < -0.3 is 9.47 Å². The first-order chi connectivity index (χ1) is 9.24. The second-order valence-corrected chi connectivity index (χ2v) is 5.10. The highest BCUT2D eigenvalue weighted by molar-refractivity contribution is 7.13. The second kappa shape index (κ2) is 5.22. The van der Waals surface area contributed by atoms with Crippen LogP contribution >= 0.6 is 11.3 Å². The van der Waals surface area contributed by atoms with Crippen LogP contribution in [0.3, 0.4) is 0 Å². The maximum Gasteiger partial charge on any atom is 0.140 e. The Bertz CT molecular complexity index is 545. The van der Waals surface area contributed by atoms with E-state index >= 15 is 0 Å². The summed E-state index contributed by atoms with van der Waals surface area (Å²) in [4.78, 5) is 3.92. The van der Waals surface area contributed by atoms with Gasteiger partial charge in [0, 0.05) is 30.1 Å². The fourth-order valence-electron chi connectivity index (χ4n) is 1.97. The van der Waals surface area contributed by atoms with Crippen molar-refractivity contribution in [1.29, 1.82) is 0 Å². The van der Waals surface area contributed by atoms with Crippen LogP contribution in [0.2, 0.25) is 0 Å². The minimum absolute atomic E-state index is 0.106. The summed E-state index contributed by atoms with van der Waals surface area (Å²) in [5.41, 5.74) is -0.106. The van der Waals surface area contributed by atoms with Gasteiger partial charge in [-0.2, -0.15) is 0 Å². The van der Waals surface area contributed by atoms with Crippen molar-refractivity contribution in [1.82, 2.24) is 4.98 Å². The molecule has 0 unspecified atom stereocenters. The van der Waals surface area contributed by atoms with E-state index in [1.165, 1.54) is 29.7 Å². The maximum absolute atomic E-state index is 14.0. The van der Waals surface area contributed by atoms with E-state index in [1.807, 2.05) is 0 Å². The van der Waals surface area contributed by atoms with E-state index in [0.29, 0.717) is 18.2 Å². The summed E-state index contributed by atoms with van der Waals surface area (Å²) < 4.78 is 38.6. The highest BCUT2D eigenvalue weighted by Gasteiger charge is 2.20. The van der Waals surface area contributed by atoms with Crippen LogP contribution in [0.15, 0.2) is 23.7 Å². The summed E-state index contributed by atoms with van der Waals surface area (Å²) in [5, 5.41) is 2.00. The SMILES string of the molecule is Fc1cc(O[C@H]2CCOC2)cc(F)c1-c1nccs1. The molecule has 1 fully saturated rings. The monoisotopic (exact) mass is 283 g/mol. The van der Waals surface area contributed by atoms with Crippen molar-refractivity contribution >= 4 is 11.3 Å². The van der Waals surface area contributed by atoms with Crippen LogP contribution in [0.4, 0.5) is 8.78 Å². The molecule has 0 N–H and O–H groups in total. The van der Waals surface area contributed by atoms with Gasteiger partial charge in [0.2, 0.25) is 0 Å². The molecular formula is C13H11F2NO2S. The summed E-state index contributed by atoms with van der Waals surface area (Å²) in [6.07, 6.45) is 2.11. The van der Waals surface area contributed by atoms with Gasteiger partial charge in [0.25, 0.3) is 0 Å². The number of ether oxygens (including phenoxy) is 2. The average Bonchev–Trinajstić information content (AvgIpc) is 3.01. The highest BCUT2D eigenvalue weighted by atomic mass is 32.1. The number of thiazole rings is 1. The van der Waals surface area contributed by atoms with Gasteiger partial charge >= 0.3 is 0 Å². The number of rotatable bonds is 3. The lowest BCUT2D eigenvalue weighted by atomic mass is 10.2. The number of halogens is 2. The van der Waals surface area contributed by atoms with Crippen molar-refractivity contribution < 1.29 is 18.3 Å². The molecule has 1 saturated heterocycles. The number of hydrogen-bond donors (Lipinski definition) is 0. The molecule has 1 aromatic carbocycles. The molecule has 0 radical (unpaired) electrons. The predicted molar refractivity (Wildman–Crippen MR) is 67.3 cm³/mol. The fourth-order valence-corrected chi connectivity index (χ4v) is 2.65. The van der Waals surface area contributed by atoms with Crippen molar-refractivity contribution in [2.75, 3.05) is 13.2 Å². The van der Waals surface area contributed by atoms with Crippen LogP contribution < -0.4 is 4.74 Å². The Balaban J connectivity index is 1.89. The Morgan fingerprint density at radius 3 is 2.68 bits per heavy atom. The molecular weight excluding hydrogens is 272 g/mol. The topological polar surface area (TPSA) is 31.4 Å². The third-order valence-corrected chi connectivity index (χ3v) is 3.64. The summed E-state index contributed by atoms with van der Waals surface area (Å²) in [7, 11) is 0. The number of hydrogen-bond acceptors (Lipinski definition) is 4. The van der Waals surface area contributed by atoms with Crippen molar-refractivity contribution in [3.05, 3.63) is 35.3 Å². The molecule has 19 heavy (non-hydrogen) atoms. The molecule has 1 atom stereocenters. The van der Waals surface area contributed by atoms with Crippen LogP contribution in [0.1, 0.15) is 6.42 Å². The molecule has 1 aromatic heterocycles. The lowest BCUT2D eigenvalue weighted by Crippen LogP contribution is -2.16. The average molecular weight is 283 g/mol. The summed E-state index contributed by atoms with van der Waals surface area (Å²) >= 11 is 1.19. The van der Waals surface area contributed by atoms with Crippen LogP contribution in [0.25, 0.3) is 10.6 Å². The van der Waals surface area contributed by atoms with Crippen molar-refractivity contribution in [2.45, 2.75) is 12.5 Å². The molecule has 0 aliphatic carbocycles. The van der Waals surface area contributed by atoms with Crippen LogP contribution in [-0.4, -0.2) is 24.3 Å². The fraction of sp³-hybridized carbons (Fsp3) is 0.308. The first-order valence-electron chi connectivity index (χ1n) is 5.87. The lowest BCUT2D eigenvalue weighted by molar-refractivity contribution is 0.141. The Hall–Kier alpha value is -1.53. The van der Waals surface area contributed by atoms with E-state index in [1.54, 1.807) is 5.38 Å². The molecule has 0 bridgehead atoms. The van der Waals surface area contributed by atoms with E-state index in [0.717, 1.165) is 6.42 Å². The smallest absolute Gasteiger partial charge is 0.140 e. The molecule has 0 spiro atoms. The van der Waals surface area contributed by atoms with Gasteiger partial charge in [0.15, 0.2) is 0 Å². The summed E-state index contributed by atoms with van der Waals surface area (Å²) in [6.45, 7) is 1.07. The zero-order chi connectivity index (χ0) is 13.2. The molecule has 3 rings (SSSR count). The van der Waals surface area contributed by atoms with E-state index in [-0.39, 0.29) is 17.4 Å². The molecule has 0 amide bonds. The maximum atomic E-state index is 14.0. The molecule has 1 aliphatic rings. The number of aromatic nitrogens is 1. The molecule has 100 valence electrons. The third kappa shape index (κ3) is 2.59. The van der Waals surface area contributed by atoms with Gasteiger partial charge in [-0.05, 0) is 0 Å². The molecule has 3 nitrogen and oxygen atoms in total. The normalized spacial score (nSPS) is 18.7. The van der Waals surface area contributed by atoms with Gasteiger partial charge in [-0.15, -0.1) is 11.3 Å². The Labute approximate surface area is 112 Å². The van der Waals surface area contributed by atoms with E-state index in [4.69, 9.17) is 9.47 Å². The number of nitrogens with zero attached hydrogens (tertiary/aromatic N) is 1. The Morgan fingerprint density at radius 1 is 1.32 bits per heavy atom. The van der Waals surface area contributed by atoms with Gasteiger partial charge in [0.1, 0.15) is 28.5 Å². The minimum Gasteiger partial charge on any atom is -0.488 e. The van der Waals surface area contributed by atoms with Crippen LogP contribution in [0, 0.1) is 11.6 Å². The van der Waals surface area contributed by atoms with Gasteiger partial charge in [-0.3, -0.25) is 0 Å². The van der Waals surface area contributed by atoms with E-state index < -0.39 is 11.6 Å². The summed E-state index contributed by atoms with van der Waals surface area (Å²) in [6, 6.07) is 2.39.